The molecule has 2 aromatic rings. The van der Waals surface area contributed by atoms with Crippen molar-refractivity contribution in [2.45, 2.75) is 13.0 Å². The van der Waals surface area contributed by atoms with Gasteiger partial charge in [-0.3, -0.25) is 4.79 Å². The van der Waals surface area contributed by atoms with Crippen LogP contribution < -0.4 is 19.5 Å². The number of rotatable bonds is 5. The molecule has 7 nitrogen and oxygen atoms in total. The monoisotopic (exact) mass is 357 g/mol. The van der Waals surface area contributed by atoms with Gasteiger partial charge >= 0.3 is 5.97 Å². The number of anilines is 1. The molecule has 0 aromatic heterocycles. The third-order valence-corrected chi connectivity index (χ3v) is 3.77. The number of carbonyl (C=O) groups excluding carboxylic acids is 2. The van der Waals surface area contributed by atoms with Gasteiger partial charge in [0, 0.05) is 11.8 Å². The number of benzene rings is 2. The molecule has 1 heterocycles. The van der Waals surface area contributed by atoms with E-state index >= 15 is 0 Å². The van der Waals surface area contributed by atoms with Gasteiger partial charge in [-0.2, -0.15) is 0 Å². The zero-order valence-corrected chi connectivity index (χ0v) is 14.5. The third-order valence-electron chi connectivity index (χ3n) is 3.77. The number of hydrogen-bond acceptors (Lipinski definition) is 6. The Labute approximate surface area is 150 Å². The Morgan fingerprint density at radius 3 is 2.42 bits per heavy atom. The molecule has 2 aromatic carbocycles. The summed E-state index contributed by atoms with van der Waals surface area (Å²) in [6.07, 6.45) is -0.729. The van der Waals surface area contributed by atoms with Gasteiger partial charge in [0.05, 0.1) is 12.7 Å². The van der Waals surface area contributed by atoms with E-state index in [0.29, 0.717) is 41.7 Å². The molecule has 136 valence electrons. The predicted octanol–water partition coefficient (Wildman–Crippen LogP) is 2.65. The second-order valence-corrected chi connectivity index (χ2v) is 5.62. The molecular formula is C19H19NO6. The molecule has 0 fully saturated rings. The summed E-state index contributed by atoms with van der Waals surface area (Å²) in [4.78, 5) is 23.7. The highest BCUT2D eigenvalue weighted by molar-refractivity contribution is 5.94. The summed E-state index contributed by atoms with van der Waals surface area (Å²) < 4.78 is 21.2. The second kappa shape index (κ2) is 7.77. The lowest BCUT2D eigenvalue weighted by Gasteiger charge is -2.19. The molecule has 3 rings (SSSR count). The quantitative estimate of drug-likeness (QED) is 0.829. The molecule has 1 atom stereocenters. The van der Waals surface area contributed by atoms with Crippen LogP contribution in [0.15, 0.2) is 42.5 Å². The van der Waals surface area contributed by atoms with E-state index in [0.717, 1.165) is 0 Å². The van der Waals surface area contributed by atoms with Crippen LogP contribution in [-0.4, -0.2) is 38.3 Å². The Hall–Kier alpha value is -3.22. The van der Waals surface area contributed by atoms with Crippen LogP contribution in [0.2, 0.25) is 0 Å². The molecule has 1 aliphatic heterocycles. The van der Waals surface area contributed by atoms with E-state index in [2.05, 4.69) is 10.1 Å². The number of ether oxygens (including phenoxy) is 4. The van der Waals surface area contributed by atoms with E-state index in [4.69, 9.17) is 14.2 Å². The number of amides is 1. The first-order valence-corrected chi connectivity index (χ1v) is 8.12. The fraction of sp³-hybridized carbons (Fsp3) is 0.263. The van der Waals surface area contributed by atoms with Crippen LogP contribution in [0.1, 0.15) is 17.3 Å². The van der Waals surface area contributed by atoms with E-state index in [1.807, 2.05) is 0 Å². The molecule has 1 aliphatic rings. The van der Waals surface area contributed by atoms with Gasteiger partial charge in [-0.15, -0.1) is 0 Å². The van der Waals surface area contributed by atoms with Gasteiger partial charge in [0.2, 0.25) is 0 Å². The molecule has 0 radical (unpaired) electrons. The Bertz CT molecular complexity index is 802. The topological polar surface area (TPSA) is 83.1 Å². The maximum Gasteiger partial charge on any atom is 0.337 e. The van der Waals surface area contributed by atoms with E-state index in [-0.39, 0.29) is 5.91 Å². The fourth-order valence-corrected chi connectivity index (χ4v) is 2.41. The zero-order chi connectivity index (χ0) is 18.5. The number of hydrogen-bond donors (Lipinski definition) is 1. The summed E-state index contributed by atoms with van der Waals surface area (Å²) in [5.74, 6) is 0.993. The van der Waals surface area contributed by atoms with Crippen molar-refractivity contribution in [1.29, 1.82) is 0 Å². The van der Waals surface area contributed by atoms with Crippen molar-refractivity contribution < 1.29 is 28.5 Å². The van der Waals surface area contributed by atoms with Gasteiger partial charge in [-0.05, 0) is 43.3 Å². The molecule has 0 unspecified atom stereocenters. The number of nitrogens with one attached hydrogen (secondary N) is 1. The van der Waals surface area contributed by atoms with E-state index in [9.17, 15) is 9.59 Å². The standard InChI is InChI=1S/C19H19NO6/c1-12(26-15-6-3-13(4-7-15)19(22)23-2)18(21)20-14-5-8-16-17(11-14)25-10-9-24-16/h3-8,11-12H,9-10H2,1-2H3,(H,20,21)/t12-/m0/s1. The van der Waals surface area contributed by atoms with Gasteiger partial charge in [-0.25, -0.2) is 4.79 Å². The zero-order valence-electron chi connectivity index (χ0n) is 14.5. The minimum Gasteiger partial charge on any atom is -0.486 e. The normalized spacial score (nSPS) is 13.5. The first kappa shape index (κ1) is 17.6. The van der Waals surface area contributed by atoms with Crippen molar-refractivity contribution >= 4 is 17.6 Å². The SMILES string of the molecule is COC(=O)c1ccc(O[C@@H](C)C(=O)Nc2ccc3c(c2)OCCO3)cc1. The average molecular weight is 357 g/mol. The highest BCUT2D eigenvalue weighted by Gasteiger charge is 2.17. The van der Waals surface area contributed by atoms with Gasteiger partial charge in [0.15, 0.2) is 17.6 Å². The number of methoxy groups -OCH3 is 1. The summed E-state index contributed by atoms with van der Waals surface area (Å²) in [6.45, 7) is 2.63. The van der Waals surface area contributed by atoms with Crippen LogP contribution >= 0.6 is 0 Å². The van der Waals surface area contributed by atoms with Gasteiger partial charge in [-0.1, -0.05) is 0 Å². The molecule has 0 saturated heterocycles. The maximum atomic E-state index is 12.3. The Kier molecular flexibility index (Phi) is 5.26. The van der Waals surface area contributed by atoms with Gasteiger partial charge in [0.1, 0.15) is 19.0 Å². The minimum absolute atomic E-state index is 0.307. The molecule has 0 spiro atoms. The second-order valence-electron chi connectivity index (χ2n) is 5.62. The largest absolute Gasteiger partial charge is 0.486 e. The van der Waals surface area contributed by atoms with E-state index in [1.165, 1.54) is 7.11 Å². The highest BCUT2D eigenvalue weighted by atomic mass is 16.6. The van der Waals surface area contributed by atoms with Crippen LogP contribution in [0.5, 0.6) is 17.2 Å². The molecular weight excluding hydrogens is 338 g/mol. The molecule has 0 aliphatic carbocycles. The molecule has 1 amide bonds. The van der Waals surface area contributed by atoms with Crippen molar-refractivity contribution in [3.05, 3.63) is 48.0 Å². The molecule has 0 saturated carbocycles. The summed E-state index contributed by atoms with van der Waals surface area (Å²) in [5, 5.41) is 2.78. The van der Waals surface area contributed by atoms with E-state index in [1.54, 1.807) is 49.4 Å². The molecule has 0 bridgehead atoms. The van der Waals surface area contributed by atoms with Crippen LogP contribution in [-0.2, 0) is 9.53 Å². The van der Waals surface area contributed by atoms with Crippen LogP contribution in [0.25, 0.3) is 0 Å². The Morgan fingerprint density at radius 1 is 1.04 bits per heavy atom. The van der Waals surface area contributed by atoms with Gasteiger partial charge in [0.25, 0.3) is 5.91 Å². The van der Waals surface area contributed by atoms with Crippen molar-refractivity contribution in [2.75, 3.05) is 25.6 Å². The van der Waals surface area contributed by atoms with E-state index < -0.39 is 12.1 Å². The molecule has 7 heteroatoms. The number of esters is 1. The molecule has 26 heavy (non-hydrogen) atoms. The first-order chi connectivity index (χ1) is 12.6. The van der Waals surface area contributed by atoms with Crippen molar-refractivity contribution in [2.24, 2.45) is 0 Å². The Morgan fingerprint density at radius 2 is 1.73 bits per heavy atom. The lowest BCUT2D eigenvalue weighted by atomic mass is 10.2. The highest BCUT2D eigenvalue weighted by Crippen LogP contribution is 2.32. The van der Waals surface area contributed by atoms with Crippen molar-refractivity contribution in [3.8, 4) is 17.2 Å². The summed E-state index contributed by atoms with van der Waals surface area (Å²) in [5.41, 5.74) is 1.00. The lowest BCUT2D eigenvalue weighted by molar-refractivity contribution is -0.122. The fourth-order valence-electron chi connectivity index (χ4n) is 2.41. The lowest BCUT2D eigenvalue weighted by Crippen LogP contribution is -2.30. The number of carbonyl (C=O) groups is 2. The molecule has 1 N–H and O–H groups in total. The number of fused-ring (bicyclic) bond motifs is 1. The summed E-state index contributed by atoms with van der Waals surface area (Å²) in [6, 6.07) is 11.6. The summed E-state index contributed by atoms with van der Waals surface area (Å²) >= 11 is 0. The van der Waals surface area contributed by atoms with Crippen molar-refractivity contribution in [3.63, 3.8) is 0 Å². The van der Waals surface area contributed by atoms with Gasteiger partial charge < -0.3 is 24.3 Å². The third kappa shape index (κ3) is 4.05. The Balaban J connectivity index is 1.60. The minimum atomic E-state index is -0.729. The predicted molar refractivity (Wildman–Crippen MR) is 93.9 cm³/mol. The smallest absolute Gasteiger partial charge is 0.337 e. The van der Waals surface area contributed by atoms with Crippen LogP contribution in [0.4, 0.5) is 5.69 Å². The van der Waals surface area contributed by atoms with Crippen LogP contribution in [0, 0.1) is 0 Å². The summed E-state index contributed by atoms with van der Waals surface area (Å²) in [7, 11) is 1.32. The van der Waals surface area contributed by atoms with Crippen LogP contribution in [0.3, 0.4) is 0 Å². The average Bonchev–Trinajstić information content (AvgIpc) is 2.67. The maximum absolute atomic E-state index is 12.3. The van der Waals surface area contributed by atoms with Crippen molar-refractivity contribution in [1.82, 2.24) is 0 Å². The first-order valence-electron chi connectivity index (χ1n) is 8.12.